The van der Waals surface area contributed by atoms with E-state index in [0.29, 0.717) is 22.3 Å². The van der Waals surface area contributed by atoms with Crippen LogP contribution in [0.3, 0.4) is 0 Å². The zero-order valence-electron chi connectivity index (χ0n) is 10.8. The van der Waals surface area contributed by atoms with E-state index in [-0.39, 0.29) is 0 Å². The Kier molecular flexibility index (Phi) is 3.17. The van der Waals surface area contributed by atoms with Crippen LogP contribution in [0.1, 0.15) is 5.56 Å². The van der Waals surface area contributed by atoms with Crippen molar-refractivity contribution in [2.24, 2.45) is 5.84 Å². The lowest BCUT2D eigenvalue weighted by Crippen LogP contribution is -2.11. The van der Waals surface area contributed by atoms with E-state index in [4.69, 9.17) is 17.4 Å². The molecular weight excluding hydrogens is 276 g/mol. The van der Waals surface area contributed by atoms with Gasteiger partial charge in [0.2, 0.25) is 0 Å². The number of hydrogen-bond acceptors (Lipinski definition) is 5. The molecule has 1 aromatic carbocycles. The minimum atomic E-state index is 0.540. The van der Waals surface area contributed by atoms with E-state index in [1.807, 2.05) is 35.7 Å². The van der Waals surface area contributed by atoms with Crippen LogP contribution in [0.4, 0.5) is 17.3 Å². The van der Waals surface area contributed by atoms with Crippen LogP contribution in [0, 0.1) is 6.92 Å². The number of aromatic nitrogens is 3. The number of rotatable bonds is 3. The lowest BCUT2D eigenvalue weighted by molar-refractivity contribution is 1.11. The van der Waals surface area contributed by atoms with Crippen LogP contribution in [0.25, 0.3) is 5.65 Å². The summed E-state index contributed by atoms with van der Waals surface area (Å²) in [6.07, 6.45) is 5.29. The van der Waals surface area contributed by atoms with Crippen molar-refractivity contribution >= 4 is 34.6 Å². The third kappa shape index (κ3) is 2.15. The first-order valence-electron chi connectivity index (χ1n) is 6.01. The van der Waals surface area contributed by atoms with E-state index in [9.17, 15) is 0 Å². The van der Waals surface area contributed by atoms with Gasteiger partial charge in [-0.3, -0.25) is 0 Å². The Morgan fingerprint density at radius 2 is 2.20 bits per heavy atom. The second-order valence-electron chi connectivity index (χ2n) is 4.31. The molecule has 0 radical (unpaired) electrons. The molecule has 0 saturated carbocycles. The van der Waals surface area contributed by atoms with Gasteiger partial charge >= 0.3 is 0 Å². The molecule has 20 heavy (non-hydrogen) atoms. The first-order valence-corrected chi connectivity index (χ1v) is 6.39. The summed E-state index contributed by atoms with van der Waals surface area (Å²) in [6.45, 7) is 1.94. The lowest BCUT2D eigenvalue weighted by Gasteiger charge is -2.12. The highest BCUT2D eigenvalue weighted by atomic mass is 35.5. The average molecular weight is 289 g/mol. The van der Waals surface area contributed by atoms with Gasteiger partial charge in [-0.2, -0.15) is 0 Å². The van der Waals surface area contributed by atoms with Gasteiger partial charge < -0.3 is 15.1 Å². The molecule has 0 fully saturated rings. The molecule has 102 valence electrons. The maximum absolute atomic E-state index is 6.12. The third-order valence-corrected chi connectivity index (χ3v) is 3.45. The number of nitrogens with zero attached hydrogens (tertiary/aromatic N) is 3. The summed E-state index contributed by atoms with van der Waals surface area (Å²) in [5.74, 6) is 6.58. The number of fused-ring (bicyclic) bond motifs is 1. The topological polar surface area (TPSA) is 80.3 Å². The summed E-state index contributed by atoms with van der Waals surface area (Å²) < 4.78 is 1.84. The van der Waals surface area contributed by atoms with Crippen LogP contribution >= 0.6 is 11.6 Å². The maximum Gasteiger partial charge on any atom is 0.180 e. The Morgan fingerprint density at radius 1 is 1.35 bits per heavy atom. The van der Waals surface area contributed by atoms with Gasteiger partial charge in [0.15, 0.2) is 17.3 Å². The SMILES string of the molecule is Cc1c(Cl)cccc1Nc1nc(NN)cn2ccnc12. The van der Waals surface area contributed by atoms with Crippen molar-refractivity contribution in [3.05, 3.63) is 47.4 Å². The Balaban J connectivity index is 2.10. The Labute approximate surface area is 120 Å². The highest BCUT2D eigenvalue weighted by Crippen LogP contribution is 2.27. The van der Waals surface area contributed by atoms with Crippen LogP contribution < -0.4 is 16.6 Å². The molecule has 2 aromatic heterocycles. The third-order valence-electron chi connectivity index (χ3n) is 3.04. The molecule has 0 aliphatic heterocycles. The minimum absolute atomic E-state index is 0.540. The zero-order chi connectivity index (χ0) is 14.1. The van der Waals surface area contributed by atoms with Crippen LogP contribution in [0.15, 0.2) is 36.8 Å². The Bertz CT molecular complexity index is 767. The number of hydrogen-bond donors (Lipinski definition) is 3. The van der Waals surface area contributed by atoms with Crippen LogP contribution in [0.5, 0.6) is 0 Å². The molecule has 0 unspecified atom stereocenters. The van der Waals surface area contributed by atoms with Crippen molar-refractivity contribution in [2.75, 3.05) is 10.7 Å². The number of anilines is 3. The van der Waals surface area contributed by atoms with E-state index in [2.05, 4.69) is 20.7 Å². The van der Waals surface area contributed by atoms with Crippen LogP contribution in [-0.2, 0) is 0 Å². The molecule has 2 heterocycles. The molecule has 3 rings (SSSR count). The number of nitrogens with one attached hydrogen (secondary N) is 2. The average Bonchev–Trinajstić information content (AvgIpc) is 2.92. The van der Waals surface area contributed by atoms with E-state index < -0.39 is 0 Å². The van der Waals surface area contributed by atoms with Crippen molar-refractivity contribution in [1.29, 1.82) is 0 Å². The van der Waals surface area contributed by atoms with Gasteiger partial charge in [0.25, 0.3) is 0 Å². The lowest BCUT2D eigenvalue weighted by atomic mass is 10.2. The first kappa shape index (κ1) is 12.7. The number of imidazole rings is 1. The number of benzene rings is 1. The molecule has 0 saturated heterocycles. The fraction of sp³-hybridized carbons (Fsp3) is 0.0769. The summed E-state index contributed by atoms with van der Waals surface area (Å²) in [6, 6.07) is 5.66. The highest BCUT2D eigenvalue weighted by molar-refractivity contribution is 6.31. The summed E-state index contributed by atoms with van der Waals surface area (Å²) in [5, 5.41) is 3.94. The number of hydrazine groups is 1. The molecule has 0 atom stereocenters. The highest BCUT2D eigenvalue weighted by Gasteiger charge is 2.09. The predicted molar refractivity (Wildman–Crippen MR) is 80.3 cm³/mol. The normalized spacial score (nSPS) is 10.8. The van der Waals surface area contributed by atoms with Gasteiger partial charge in [-0.25, -0.2) is 15.8 Å². The zero-order valence-corrected chi connectivity index (χ0v) is 11.5. The summed E-state index contributed by atoms with van der Waals surface area (Å²) in [4.78, 5) is 8.66. The second kappa shape index (κ2) is 4.99. The molecule has 6 nitrogen and oxygen atoms in total. The van der Waals surface area contributed by atoms with E-state index >= 15 is 0 Å². The van der Waals surface area contributed by atoms with Gasteiger partial charge in [-0.1, -0.05) is 17.7 Å². The van der Waals surface area contributed by atoms with Gasteiger partial charge in [0.1, 0.15) is 0 Å². The first-order chi connectivity index (χ1) is 9.69. The molecule has 0 aliphatic carbocycles. The Hall–Kier alpha value is -2.31. The summed E-state index contributed by atoms with van der Waals surface area (Å²) in [7, 11) is 0. The fourth-order valence-corrected chi connectivity index (χ4v) is 2.13. The number of nitrogens with two attached hydrogens (primary N) is 1. The minimum Gasteiger partial charge on any atom is -0.337 e. The van der Waals surface area contributed by atoms with Gasteiger partial charge in [0.05, 0.1) is 6.20 Å². The van der Waals surface area contributed by atoms with Crippen molar-refractivity contribution < 1.29 is 0 Å². The number of nitrogen functional groups attached to an aromatic ring is 1. The Morgan fingerprint density at radius 3 is 3.00 bits per heavy atom. The summed E-state index contributed by atoms with van der Waals surface area (Å²) >= 11 is 6.12. The summed E-state index contributed by atoms with van der Waals surface area (Å²) in [5.41, 5.74) is 5.08. The molecule has 0 amide bonds. The molecule has 4 N–H and O–H groups in total. The molecule has 7 heteroatoms. The standard InChI is InChI=1S/C13H13ClN6/c1-8-9(14)3-2-4-10(8)17-12-13-16-5-6-20(13)7-11(18-12)19-15/h2-7,19H,15H2,1H3,(H,17,18). The van der Waals surface area contributed by atoms with Gasteiger partial charge in [0, 0.05) is 23.1 Å². The fourth-order valence-electron chi connectivity index (χ4n) is 1.96. The van der Waals surface area contributed by atoms with Crippen molar-refractivity contribution in [2.45, 2.75) is 6.92 Å². The van der Waals surface area contributed by atoms with E-state index in [0.717, 1.165) is 11.3 Å². The van der Waals surface area contributed by atoms with Crippen molar-refractivity contribution in [3.63, 3.8) is 0 Å². The smallest absolute Gasteiger partial charge is 0.180 e. The van der Waals surface area contributed by atoms with E-state index in [1.165, 1.54) is 0 Å². The van der Waals surface area contributed by atoms with E-state index in [1.54, 1.807) is 12.4 Å². The van der Waals surface area contributed by atoms with Crippen LogP contribution in [-0.4, -0.2) is 14.4 Å². The predicted octanol–water partition coefficient (Wildman–Crippen LogP) is 2.72. The van der Waals surface area contributed by atoms with Gasteiger partial charge in [-0.15, -0.1) is 0 Å². The number of halogens is 1. The molecular formula is C13H13ClN6. The monoisotopic (exact) mass is 288 g/mol. The molecule has 3 aromatic rings. The van der Waals surface area contributed by atoms with Crippen molar-refractivity contribution in [1.82, 2.24) is 14.4 Å². The quantitative estimate of drug-likeness (QED) is 0.510. The molecule has 0 spiro atoms. The van der Waals surface area contributed by atoms with Gasteiger partial charge in [-0.05, 0) is 24.6 Å². The largest absolute Gasteiger partial charge is 0.337 e. The second-order valence-corrected chi connectivity index (χ2v) is 4.72. The molecule has 0 aliphatic rings. The van der Waals surface area contributed by atoms with Crippen molar-refractivity contribution in [3.8, 4) is 0 Å². The van der Waals surface area contributed by atoms with Crippen LogP contribution in [0.2, 0.25) is 5.02 Å². The maximum atomic E-state index is 6.12. The molecule has 0 bridgehead atoms.